The van der Waals surface area contributed by atoms with Crippen molar-refractivity contribution < 1.29 is 4.79 Å². The third kappa shape index (κ3) is 1.93. The van der Waals surface area contributed by atoms with E-state index in [9.17, 15) is 4.79 Å². The van der Waals surface area contributed by atoms with Gasteiger partial charge in [0.05, 0.1) is 16.8 Å². The van der Waals surface area contributed by atoms with Crippen molar-refractivity contribution in [2.24, 2.45) is 9.98 Å². The van der Waals surface area contributed by atoms with Crippen LogP contribution in [0.4, 0.5) is 4.79 Å². The van der Waals surface area contributed by atoms with Crippen LogP contribution in [-0.2, 0) is 0 Å². The van der Waals surface area contributed by atoms with Gasteiger partial charge >= 0.3 is 6.03 Å². The summed E-state index contributed by atoms with van der Waals surface area (Å²) in [5.74, 6) is 0. The van der Waals surface area contributed by atoms with Gasteiger partial charge in [-0.3, -0.25) is 0 Å². The lowest BCUT2D eigenvalue weighted by molar-refractivity contribution is 0.257. The Morgan fingerprint density at radius 1 is 1.11 bits per heavy atom. The number of carbonyl (C=O) groups excluding carboxylic acids is 1. The smallest absolute Gasteiger partial charge is 0.244 e. The molecule has 0 bridgehead atoms. The molecule has 2 amide bonds. The molecule has 1 aromatic carbocycles. The van der Waals surface area contributed by atoms with Crippen LogP contribution in [0.3, 0.4) is 0 Å². The standard InChI is InChI=1S/C14H9ClN2O/c15-10-6-7-12-11(8-10)13(17-14(18)16-12)9-4-2-1-3-5-9/h1-8,10H. The number of rotatable bonds is 1. The van der Waals surface area contributed by atoms with Gasteiger partial charge in [-0.2, -0.15) is 9.98 Å². The summed E-state index contributed by atoms with van der Waals surface area (Å²) in [4.78, 5) is 19.4. The molecule has 0 radical (unpaired) electrons. The first-order valence-corrected chi connectivity index (χ1v) is 5.99. The van der Waals surface area contributed by atoms with E-state index >= 15 is 0 Å². The van der Waals surface area contributed by atoms with Crippen molar-refractivity contribution in [3.05, 3.63) is 59.7 Å². The summed E-state index contributed by atoms with van der Waals surface area (Å²) in [6, 6.07) is 9.09. The van der Waals surface area contributed by atoms with E-state index in [-0.39, 0.29) is 5.38 Å². The van der Waals surface area contributed by atoms with Gasteiger partial charge in [0.15, 0.2) is 0 Å². The Morgan fingerprint density at radius 3 is 2.67 bits per heavy atom. The lowest BCUT2D eigenvalue weighted by atomic mass is 9.93. The molecule has 1 aromatic rings. The number of alkyl halides is 1. The van der Waals surface area contributed by atoms with Gasteiger partial charge in [0.1, 0.15) is 0 Å². The molecule has 3 nitrogen and oxygen atoms in total. The number of fused-ring (bicyclic) bond motifs is 1. The molecule has 0 saturated carbocycles. The predicted molar refractivity (Wildman–Crippen MR) is 72.7 cm³/mol. The number of carbonyl (C=O) groups is 1. The maximum absolute atomic E-state index is 11.5. The SMILES string of the molecule is O=C1N=C2C=CC(Cl)C=C2C(c2ccccc2)=N1. The molecular weight excluding hydrogens is 248 g/mol. The van der Waals surface area contributed by atoms with E-state index in [1.807, 2.05) is 36.4 Å². The molecule has 0 N–H and O–H groups in total. The first-order valence-electron chi connectivity index (χ1n) is 5.55. The Hall–Kier alpha value is -2.00. The molecule has 88 valence electrons. The van der Waals surface area contributed by atoms with E-state index in [1.165, 1.54) is 0 Å². The highest BCUT2D eigenvalue weighted by Gasteiger charge is 2.23. The Kier molecular flexibility index (Phi) is 2.68. The monoisotopic (exact) mass is 256 g/mol. The van der Waals surface area contributed by atoms with Crippen LogP contribution in [0.5, 0.6) is 0 Å². The lowest BCUT2D eigenvalue weighted by Gasteiger charge is -2.18. The second-order valence-electron chi connectivity index (χ2n) is 3.99. The minimum atomic E-state index is -0.473. The van der Waals surface area contributed by atoms with Crippen molar-refractivity contribution in [3.63, 3.8) is 0 Å². The molecule has 1 unspecified atom stereocenters. The zero-order chi connectivity index (χ0) is 12.5. The Bertz CT molecular complexity index is 626. The number of amides is 2. The van der Waals surface area contributed by atoms with Crippen molar-refractivity contribution in [1.82, 2.24) is 0 Å². The highest BCUT2D eigenvalue weighted by Crippen LogP contribution is 2.22. The normalized spacial score (nSPS) is 21.9. The number of halogens is 1. The van der Waals surface area contributed by atoms with Crippen molar-refractivity contribution in [2.45, 2.75) is 5.38 Å². The van der Waals surface area contributed by atoms with Crippen LogP contribution in [0.2, 0.25) is 0 Å². The summed E-state index contributed by atoms with van der Waals surface area (Å²) in [6.07, 6.45) is 5.42. The molecule has 18 heavy (non-hydrogen) atoms. The van der Waals surface area contributed by atoms with Crippen LogP contribution in [0.25, 0.3) is 0 Å². The first kappa shape index (κ1) is 11.1. The molecule has 3 rings (SSSR count). The number of urea groups is 1. The number of allylic oxidation sites excluding steroid dienone is 4. The third-order valence-corrected chi connectivity index (χ3v) is 3.04. The summed E-state index contributed by atoms with van der Waals surface area (Å²) < 4.78 is 0. The van der Waals surface area contributed by atoms with Gasteiger partial charge in [0.2, 0.25) is 0 Å². The highest BCUT2D eigenvalue weighted by molar-refractivity contribution is 6.39. The predicted octanol–water partition coefficient (Wildman–Crippen LogP) is 3.15. The minimum absolute atomic E-state index is 0.193. The molecule has 2 aliphatic rings. The highest BCUT2D eigenvalue weighted by atomic mass is 35.5. The van der Waals surface area contributed by atoms with E-state index < -0.39 is 6.03 Å². The topological polar surface area (TPSA) is 41.8 Å². The zero-order valence-electron chi connectivity index (χ0n) is 9.38. The van der Waals surface area contributed by atoms with E-state index in [0.29, 0.717) is 11.4 Å². The van der Waals surface area contributed by atoms with Crippen molar-refractivity contribution in [1.29, 1.82) is 0 Å². The summed E-state index contributed by atoms with van der Waals surface area (Å²) in [5.41, 5.74) is 2.98. The minimum Gasteiger partial charge on any atom is -0.244 e. The lowest BCUT2D eigenvalue weighted by Crippen LogP contribution is -2.23. The molecular formula is C14H9ClN2O. The van der Waals surface area contributed by atoms with Gasteiger partial charge in [-0.05, 0) is 6.08 Å². The molecule has 1 atom stereocenters. The Balaban J connectivity index is 2.12. The quantitative estimate of drug-likeness (QED) is 0.712. The summed E-state index contributed by atoms with van der Waals surface area (Å²) in [7, 11) is 0. The third-order valence-electron chi connectivity index (χ3n) is 2.77. The molecule has 0 spiro atoms. The van der Waals surface area contributed by atoms with Crippen molar-refractivity contribution >= 4 is 29.1 Å². The van der Waals surface area contributed by atoms with E-state index in [1.54, 1.807) is 12.2 Å². The van der Waals surface area contributed by atoms with Crippen LogP contribution < -0.4 is 0 Å². The molecule has 4 heteroatoms. The van der Waals surface area contributed by atoms with Gasteiger partial charge in [-0.25, -0.2) is 4.79 Å². The zero-order valence-corrected chi connectivity index (χ0v) is 10.1. The van der Waals surface area contributed by atoms with Crippen LogP contribution in [0, 0.1) is 0 Å². The Labute approximate surface area is 109 Å². The van der Waals surface area contributed by atoms with Crippen LogP contribution >= 0.6 is 11.6 Å². The van der Waals surface area contributed by atoms with Crippen molar-refractivity contribution in [2.75, 3.05) is 0 Å². The second-order valence-corrected chi connectivity index (χ2v) is 4.49. The second kappa shape index (κ2) is 4.35. The molecule has 1 heterocycles. The van der Waals surface area contributed by atoms with Gasteiger partial charge in [-0.1, -0.05) is 42.5 Å². The summed E-state index contributed by atoms with van der Waals surface area (Å²) in [5, 5.41) is -0.193. The maximum Gasteiger partial charge on any atom is 0.368 e. The van der Waals surface area contributed by atoms with E-state index in [4.69, 9.17) is 11.6 Å². The number of nitrogens with zero attached hydrogens (tertiary/aromatic N) is 2. The summed E-state index contributed by atoms with van der Waals surface area (Å²) >= 11 is 6.07. The number of hydrogen-bond donors (Lipinski definition) is 0. The van der Waals surface area contributed by atoms with Crippen molar-refractivity contribution in [3.8, 4) is 0 Å². The number of aliphatic imine (C=N–C) groups is 2. The van der Waals surface area contributed by atoms with Crippen LogP contribution in [0.15, 0.2) is 64.1 Å². The molecule has 1 aliphatic carbocycles. The number of benzene rings is 1. The first-order chi connectivity index (χ1) is 8.74. The van der Waals surface area contributed by atoms with Gasteiger partial charge < -0.3 is 0 Å². The number of hydrogen-bond acceptors (Lipinski definition) is 1. The molecule has 0 saturated heterocycles. The largest absolute Gasteiger partial charge is 0.368 e. The average molecular weight is 257 g/mol. The fourth-order valence-corrected chi connectivity index (χ4v) is 2.17. The van der Waals surface area contributed by atoms with Gasteiger partial charge in [0, 0.05) is 11.1 Å². The Morgan fingerprint density at radius 2 is 1.89 bits per heavy atom. The van der Waals surface area contributed by atoms with Gasteiger partial charge in [0.25, 0.3) is 0 Å². The fourth-order valence-electron chi connectivity index (χ4n) is 1.97. The van der Waals surface area contributed by atoms with E-state index in [2.05, 4.69) is 9.98 Å². The summed E-state index contributed by atoms with van der Waals surface area (Å²) in [6.45, 7) is 0. The molecule has 0 fully saturated rings. The fraction of sp³-hybridized carbons (Fsp3) is 0.0714. The van der Waals surface area contributed by atoms with Gasteiger partial charge in [-0.15, -0.1) is 11.6 Å². The molecule has 1 aliphatic heterocycles. The van der Waals surface area contributed by atoms with Crippen LogP contribution in [-0.4, -0.2) is 22.8 Å². The van der Waals surface area contributed by atoms with Crippen LogP contribution in [0.1, 0.15) is 5.56 Å². The maximum atomic E-state index is 11.5. The average Bonchev–Trinajstić information content (AvgIpc) is 2.39. The van der Waals surface area contributed by atoms with E-state index in [0.717, 1.165) is 11.1 Å². The molecule has 0 aromatic heterocycles.